The highest BCUT2D eigenvalue weighted by atomic mass is 79.9. The van der Waals surface area contributed by atoms with Gasteiger partial charge in [0, 0.05) is 41.5 Å². The third kappa shape index (κ3) is 4.24. The van der Waals surface area contributed by atoms with Crippen LogP contribution in [0.25, 0.3) is 0 Å². The van der Waals surface area contributed by atoms with Crippen molar-refractivity contribution in [2.75, 3.05) is 7.11 Å². The van der Waals surface area contributed by atoms with E-state index in [2.05, 4.69) is 26.2 Å². The number of nitro groups is 1. The van der Waals surface area contributed by atoms with E-state index in [0.29, 0.717) is 24.5 Å². The van der Waals surface area contributed by atoms with Gasteiger partial charge in [0.25, 0.3) is 5.69 Å². The number of pyridine rings is 1. The normalized spacial score (nSPS) is 10.4. The third-order valence-corrected chi connectivity index (χ3v) is 3.38. The average Bonchev–Trinajstić information content (AvgIpc) is 2.47. The van der Waals surface area contributed by atoms with Crippen LogP contribution in [0.15, 0.2) is 41.0 Å². The summed E-state index contributed by atoms with van der Waals surface area (Å²) in [4.78, 5) is 14.6. The highest BCUT2D eigenvalue weighted by Crippen LogP contribution is 2.23. The second-order valence-electron chi connectivity index (χ2n) is 4.34. The second-order valence-corrected chi connectivity index (χ2v) is 5.26. The summed E-state index contributed by atoms with van der Waals surface area (Å²) >= 11 is 3.33. The number of aromatic nitrogens is 1. The molecule has 1 heterocycles. The monoisotopic (exact) mass is 351 g/mol. The standard InChI is InChI=1S/C14H14BrN3O3/c1-21-14-6-10(4-5-17-14)8-16-9-11-7-12(15)2-3-13(11)18(19)20/h2-7,16H,8-9H2,1H3. The van der Waals surface area contributed by atoms with Crippen LogP contribution in [-0.4, -0.2) is 17.0 Å². The molecule has 2 rings (SSSR count). The Balaban J connectivity index is 2.03. The largest absolute Gasteiger partial charge is 0.481 e. The number of benzene rings is 1. The number of hydrogen-bond acceptors (Lipinski definition) is 5. The molecule has 21 heavy (non-hydrogen) atoms. The molecule has 0 aliphatic rings. The predicted molar refractivity (Wildman–Crippen MR) is 82.1 cm³/mol. The van der Waals surface area contributed by atoms with Gasteiger partial charge in [-0.05, 0) is 23.8 Å². The van der Waals surface area contributed by atoms with Gasteiger partial charge in [0.2, 0.25) is 5.88 Å². The molecule has 0 unspecified atom stereocenters. The minimum absolute atomic E-state index is 0.109. The summed E-state index contributed by atoms with van der Waals surface area (Å²) < 4.78 is 5.87. The lowest BCUT2D eigenvalue weighted by Crippen LogP contribution is -2.14. The first-order valence-electron chi connectivity index (χ1n) is 6.22. The van der Waals surface area contributed by atoms with Gasteiger partial charge >= 0.3 is 0 Å². The summed E-state index contributed by atoms with van der Waals surface area (Å²) in [6.45, 7) is 0.975. The number of nitrogens with one attached hydrogen (secondary N) is 1. The molecule has 7 heteroatoms. The van der Waals surface area contributed by atoms with Crippen LogP contribution < -0.4 is 10.1 Å². The molecule has 0 fully saturated rings. The van der Waals surface area contributed by atoms with Crippen LogP contribution in [0.2, 0.25) is 0 Å². The zero-order chi connectivity index (χ0) is 15.2. The van der Waals surface area contributed by atoms with E-state index in [1.807, 2.05) is 12.1 Å². The molecule has 6 nitrogen and oxygen atoms in total. The number of methoxy groups -OCH3 is 1. The van der Waals surface area contributed by atoms with Crippen molar-refractivity contribution in [3.8, 4) is 5.88 Å². The average molecular weight is 352 g/mol. The van der Waals surface area contributed by atoms with E-state index in [4.69, 9.17) is 4.74 Å². The van der Waals surface area contributed by atoms with E-state index in [0.717, 1.165) is 10.0 Å². The van der Waals surface area contributed by atoms with E-state index in [1.54, 1.807) is 25.4 Å². The molecule has 0 saturated carbocycles. The van der Waals surface area contributed by atoms with Crippen molar-refractivity contribution in [1.82, 2.24) is 10.3 Å². The molecule has 1 N–H and O–H groups in total. The lowest BCUT2D eigenvalue weighted by molar-refractivity contribution is -0.385. The minimum Gasteiger partial charge on any atom is -0.481 e. The Labute approximate surface area is 130 Å². The quantitative estimate of drug-likeness (QED) is 0.639. The van der Waals surface area contributed by atoms with Crippen molar-refractivity contribution in [3.05, 3.63) is 62.2 Å². The third-order valence-electron chi connectivity index (χ3n) is 2.89. The van der Waals surface area contributed by atoms with Crippen molar-refractivity contribution >= 4 is 21.6 Å². The molecule has 0 spiro atoms. The van der Waals surface area contributed by atoms with Crippen LogP contribution in [0.1, 0.15) is 11.1 Å². The topological polar surface area (TPSA) is 77.3 Å². The molecule has 0 atom stereocenters. The lowest BCUT2D eigenvalue weighted by atomic mass is 10.1. The molecule has 1 aromatic carbocycles. The van der Waals surface area contributed by atoms with Crippen molar-refractivity contribution in [1.29, 1.82) is 0 Å². The molecular formula is C14H14BrN3O3. The Morgan fingerprint density at radius 1 is 1.33 bits per heavy atom. The summed E-state index contributed by atoms with van der Waals surface area (Å²) in [5.74, 6) is 0.544. The van der Waals surface area contributed by atoms with Crippen molar-refractivity contribution in [2.45, 2.75) is 13.1 Å². The molecule has 0 aliphatic carbocycles. The maximum absolute atomic E-state index is 11.0. The van der Waals surface area contributed by atoms with Gasteiger partial charge in [-0.1, -0.05) is 15.9 Å². The van der Waals surface area contributed by atoms with Gasteiger partial charge in [-0.3, -0.25) is 10.1 Å². The molecule has 0 radical (unpaired) electrons. The molecule has 2 aromatic rings. The van der Waals surface area contributed by atoms with Crippen LogP contribution in [0.3, 0.4) is 0 Å². The van der Waals surface area contributed by atoms with E-state index >= 15 is 0 Å². The molecule has 0 aliphatic heterocycles. The number of halogens is 1. The van der Waals surface area contributed by atoms with Crippen LogP contribution in [-0.2, 0) is 13.1 Å². The Bertz CT molecular complexity index is 649. The SMILES string of the molecule is COc1cc(CNCc2cc(Br)ccc2[N+](=O)[O-])ccn1. The van der Waals surface area contributed by atoms with Gasteiger partial charge in [0.15, 0.2) is 0 Å². The zero-order valence-electron chi connectivity index (χ0n) is 11.4. The first-order valence-corrected chi connectivity index (χ1v) is 7.02. The first kappa shape index (κ1) is 15.4. The van der Waals surface area contributed by atoms with Crippen LogP contribution in [0.4, 0.5) is 5.69 Å². The number of nitro benzene ring substituents is 1. The Kier molecular flexibility index (Phi) is 5.24. The minimum atomic E-state index is -0.376. The van der Waals surface area contributed by atoms with E-state index < -0.39 is 0 Å². The number of hydrogen-bond donors (Lipinski definition) is 1. The molecule has 110 valence electrons. The van der Waals surface area contributed by atoms with Crippen LogP contribution >= 0.6 is 15.9 Å². The summed E-state index contributed by atoms with van der Waals surface area (Å²) in [5.41, 5.74) is 1.74. The predicted octanol–water partition coefficient (Wildman–Crippen LogP) is 3.05. The molecule has 1 aromatic heterocycles. The lowest BCUT2D eigenvalue weighted by Gasteiger charge is -2.07. The Hall–Kier alpha value is -1.99. The van der Waals surface area contributed by atoms with Gasteiger partial charge in [0.1, 0.15) is 0 Å². The maximum Gasteiger partial charge on any atom is 0.273 e. The van der Waals surface area contributed by atoms with Gasteiger partial charge in [-0.2, -0.15) is 0 Å². The fourth-order valence-corrected chi connectivity index (χ4v) is 2.30. The molecular weight excluding hydrogens is 338 g/mol. The summed E-state index contributed by atoms with van der Waals surface area (Å²) in [5, 5.41) is 14.2. The highest BCUT2D eigenvalue weighted by Gasteiger charge is 2.13. The Morgan fingerprint density at radius 3 is 2.86 bits per heavy atom. The maximum atomic E-state index is 11.0. The zero-order valence-corrected chi connectivity index (χ0v) is 13.0. The fourth-order valence-electron chi connectivity index (χ4n) is 1.89. The van der Waals surface area contributed by atoms with Crippen molar-refractivity contribution < 1.29 is 9.66 Å². The van der Waals surface area contributed by atoms with Gasteiger partial charge in [-0.15, -0.1) is 0 Å². The first-order chi connectivity index (χ1) is 10.1. The molecule has 0 amide bonds. The number of ether oxygens (including phenoxy) is 1. The smallest absolute Gasteiger partial charge is 0.273 e. The van der Waals surface area contributed by atoms with Crippen LogP contribution in [0, 0.1) is 10.1 Å². The molecule has 0 bridgehead atoms. The summed E-state index contributed by atoms with van der Waals surface area (Å²) in [7, 11) is 1.56. The van der Waals surface area contributed by atoms with Gasteiger partial charge in [0.05, 0.1) is 12.0 Å². The van der Waals surface area contributed by atoms with Gasteiger partial charge in [-0.25, -0.2) is 4.98 Å². The van der Waals surface area contributed by atoms with Gasteiger partial charge < -0.3 is 10.1 Å². The highest BCUT2D eigenvalue weighted by molar-refractivity contribution is 9.10. The van der Waals surface area contributed by atoms with Crippen LogP contribution in [0.5, 0.6) is 5.88 Å². The van der Waals surface area contributed by atoms with E-state index in [-0.39, 0.29) is 10.6 Å². The Morgan fingerprint density at radius 2 is 2.14 bits per heavy atom. The summed E-state index contributed by atoms with van der Waals surface area (Å²) in [6, 6.07) is 8.59. The van der Waals surface area contributed by atoms with E-state index in [9.17, 15) is 10.1 Å². The van der Waals surface area contributed by atoms with Crippen molar-refractivity contribution in [2.24, 2.45) is 0 Å². The van der Waals surface area contributed by atoms with Crippen molar-refractivity contribution in [3.63, 3.8) is 0 Å². The summed E-state index contributed by atoms with van der Waals surface area (Å²) in [6.07, 6.45) is 1.66. The van der Waals surface area contributed by atoms with E-state index in [1.165, 1.54) is 6.07 Å². The fraction of sp³-hybridized carbons (Fsp3) is 0.214. The number of rotatable bonds is 6. The second kappa shape index (κ2) is 7.14. The number of nitrogens with zero attached hydrogens (tertiary/aromatic N) is 2. The molecule has 0 saturated heterocycles.